The maximum absolute atomic E-state index is 12.1. The average Bonchev–Trinajstić information content (AvgIpc) is 2.75. The summed E-state index contributed by atoms with van der Waals surface area (Å²) in [6.07, 6.45) is 1.64. The Kier molecular flexibility index (Phi) is 4.17. The summed E-state index contributed by atoms with van der Waals surface area (Å²) in [6, 6.07) is 0.560. The Bertz CT molecular complexity index is 399. The summed E-state index contributed by atoms with van der Waals surface area (Å²) in [5.41, 5.74) is 0. The van der Waals surface area contributed by atoms with Crippen molar-refractivity contribution < 1.29 is 4.79 Å². The number of rotatable bonds is 2. The lowest BCUT2D eigenvalue weighted by molar-refractivity contribution is 0.0600. The zero-order chi connectivity index (χ0) is 12.4. The third-order valence-corrected chi connectivity index (χ3v) is 4.48. The van der Waals surface area contributed by atoms with Gasteiger partial charge in [0.1, 0.15) is 4.88 Å². The van der Waals surface area contributed by atoms with Crippen molar-refractivity contribution in [3.05, 3.63) is 15.0 Å². The van der Waals surface area contributed by atoms with Crippen LogP contribution >= 0.6 is 27.3 Å². The van der Waals surface area contributed by atoms with Gasteiger partial charge in [-0.3, -0.25) is 9.69 Å². The van der Waals surface area contributed by atoms with Gasteiger partial charge in [0.15, 0.2) is 3.92 Å². The molecule has 0 saturated carbocycles. The Balaban J connectivity index is 1.95. The van der Waals surface area contributed by atoms with Gasteiger partial charge < -0.3 is 4.90 Å². The number of hydrogen-bond donors (Lipinski definition) is 0. The van der Waals surface area contributed by atoms with Gasteiger partial charge in [-0.25, -0.2) is 4.98 Å². The normalized spacial score (nSPS) is 17.8. The molecule has 94 valence electrons. The van der Waals surface area contributed by atoms with E-state index in [4.69, 9.17) is 0 Å². The molecular weight excluding hydrogens is 302 g/mol. The maximum Gasteiger partial charge on any atom is 0.265 e. The minimum Gasteiger partial charge on any atom is -0.335 e. The Morgan fingerprint density at radius 1 is 1.41 bits per heavy atom. The van der Waals surface area contributed by atoms with Gasteiger partial charge in [-0.2, -0.15) is 0 Å². The van der Waals surface area contributed by atoms with Crippen LogP contribution in [0.3, 0.4) is 0 Å². The molecule has 0 N–H and O–H groups in total. The molecule has 1 saturated heterocycles. The third-order valence-electron chi connectivity index (χ3n) is 3.02. The zero-order valence-electron chi connectivity index (χ0n) is 10.0. The lowest BCUT2D eigenvalue weighted by Crippen LogP contribution is -2.50. The van der Waals surface area contributed by atoms with Crippen molar-refractivity contribution in [1.29, 1.82) is 0 Å². The molecule has 0 bridgehead atoms. The van der Waals surface area contributed by atoms with Gasteiger partial charge in [-0.05, 0) is 29.8 Å². The van der Waals surface area contributed by atoms with Crippen molar-refractivity contribution >= 4 is 33.2 Å². The van der Waals surface area contributed by atoms with Gasteiger partial charge in [0.05, 0.1) is 6.20 Å². The molecule has 1 aromatic rings. The first-order valence-electron chi connectivity index (χ1n) is 5.72. The molecule has 1 amide bonds. The first-order chi connectivity index (χ1) is 8.08. The first-order valence-corrected chi connectivity index (χ1v) is 7.33. The van der Waals surface area contributed by atoms with Gasteiger partial charge in [-0.1, -0.05) is 0 Å². The Hall–Kier alpha value is -0.460. The molecule has 1 aliphatic heterocycles. The number of hydrogen-bond acceptors (Lipinski definition) is 4. The smallest absolute Gasteiger partial charge is 0.265 e. The van der Waals surface area contributed by atoms with Crippen LogP contribution in [0.15, 0.2) is 10.1 Å². The third kappa shape index (κ3) is 3.05. The van der Waals surface area contributed by atoms with Gasteiger partial charge in [-0.15, -0.1) is 11.3 Å². The van der Waals surface area contributed by atoms with E-state index in [1.165, 1.54) is 11.3 Å². The van der Waals surface area contributed by atoms with Crippen LogP contribution in [0, 0.1) is 0 Å². The number of aromatic nitrogens is 1. The highest BCUT2D eigenvalue weighted by Gasteiger charge is 2.24. The van der Waals surface area contributed by atoms with E-state index < -0.39 is 0 Å². The fourth-order valence-electron chi connectivity index (χ4n) is 1.95. The van der Waals surface area contributed by atoms with Crippen LogP contribution < -0.4 is 0 Å². The van der Waals surface area contributed by atoms with Crippen LogP contribution in [-0.2, 0) is 0 Å². The lowest BCUT2D eigenvalue weighted by atomic mass is 10.2. The van der Waals surface area contributed by atoms with E-state index in [2.05, 4.69) is 39.7 Å². The number of nitrogens with zero attached hydrogens (tertiary/aromatic N) is 3. The molecule has 0 aromatic carbocycles. The van der Waals surface area contributed by atoms with E-state index in [9.17, 15) is 4.79 Å². The summed E-state index contributed by atoms with van der Waals surface area (Å²) < 4.78 is 0.765. The summed E-state index contributed by atoms with van der Waals surface area (Å²) in [5, 5.41) is 0. The average molecular weight is 318 g/mol. The van der Waals surface area contributed by atoms with E-state index in [0.29, 0.717) is 6.04 Å². The lowest BCUT2D eigenvalue weighted by Gasteiger charge is -2.36. The van der Waals surface area contributed by atoms with Crippen molar-refractivity contribution in [2.24, 2.45) is 0 Å². The second-order valence-electron chi connectivity index (χ2n) is 4.40. The summed E-state index contributed by atoms with van der Waals surface area (Å²) in [5.74, 6) is 0.108. The number of halogens is 1. The predicted molar refractivity (Wildman–Crippen MR) is 72.4 cm³/mol. The summed E-state index contributed by atoms with van der Waals surface area (Å²) >= 11 is 4.68. The first kappa shape index (κ1) is 13.0. The number of piperazine rings is 1. The van der Waals surface area contributed by atoms with Crippen LogP contribution in [0.25, 0.3) is 0 Å². The van der Waals surface area contributed by atoms with Crippen LogP contribution in [-0.4, -0.2) is 52.9 Å². The number of amides is 1. The molecule has 2 heterocycles. The van der Waals surface area contributed by atoms with Crippen molar-refractivity contribution in [2.45, 2.75) is 19.9 Å². The molecule has 0 unspecified atom stereocenters. The monoisotopic (exact) mass is 317 g/mol. The minimum atomic E-state index is 0.108. The van der Waals surface area contributed by atoms with Gasteiger partial charge in [0, 0.05) is 32.2 Å². The number of carbonyl (C=O) groups is 1. The molecule has 1 fully saturated rings. The molecule has 2 rings (SSSR count). The molecule has 4 nitrogen and oxygen atoms in total. The Labute approximate surface area is 114 Å². The molecule has 17 heavy (non-hydrogen) atoms. The maximum atomic E-state index is 12.1. The second kappa shape index (κ2) is 5.46. The van der Waals surface area contributed by atoms with E-state index in [1.54, 1.807) is 6.20 Å². The SMILES string of the molecule is CC(C)N1CCN(C(=O)c2cnc(Br)s2)CC1. The van der Waals surface area contributed by atoms with Gasteiger partial charge >= 0.3 is 0 Å². The molecule has 1 aliphatic rings. The zero-order valence-corrected chi connectivity index (χ0v) is 12.4. The van der Waals surface area contributed by atoms with Crippen LogP contribution in [0.2, 0.25) is 0 Å². The van der Waals surface area contributed by atoms with Crippen LogP contribution in [0.4, 0.5) is 0 Å². The molecule has 6 heteroatoms. The Morgan fingerprint density at radius 3 is 2.53 bits per heavy atom. The van der Waals surface area contributed by atoms with E-state index >= 15 is 0 Å². The standard InChI is InChI=1S/C11H16BrN3OS/c1-8(2)14-3-5-15(6-4-14)10(16)9-7-13-11(12)17-9/h7-8H,3-6H2,1-2H3. The van der Waals surface area contributed by atoms with Crippen molar-refractivity contribution in [1.82, 2.24) is 14.8 Å². The highest BCUT2D eigenvalue weighted by Crippen LogP contribution is 2.20. The van der Waals surface area contributed by atoms with Crippen molar-refractivity contribution in [3.8, 4) is 0 Å². The summed E-state index contributed by atoms with van der Waals surface area (Å²) in [7, 11) is 0. The topological polar surface area (TPSA) is 36.4 Å². The molecule has 0 spiro atoms. The fourth-order valence-corrected chi connectivity index (χ4v) is 3.18. The van der Waals surface area contributed by atoms with E-state index in [0.717, 1.165) is 35.0 Å². The van der Waals surface area contributed by atoms with E-state index in [-0.39, 0.29) is 5.91 Å². The van der Waals surface area contributed by atoms with E-state index in [1.807, 2.05) is 4.90 Å². The van der Waals surface area contributed by atoms with Crippen LogP contribution in [0.1, 0.15) is 23.5 Å². The highest BCUT2D eigenvalue weighted by atomic mass is 79.9. The molecular formula is C11H16BrN3OS. The summed E-state index contributed by atoms with van der Waals surface area (Å²) in [6.45, 7) is 7.93. The largest absolute Gasteiger partial charge is 0.335 e. The second-order valence-corrected chi connectivity index (χ2v) is 6.71. The highest BCUT2D eigenvalue weighted by molar-refractivity contribution is 9.11. The summed E-state index contributed by atoms with van der Waals surface area (Å²) in [4.78, 5) is 21.2. The quantitative estimate of drug-likeness (QED) is 0.838. The van der Waals surface area contributed by atoms with Crippen molar-refractivity contribution in [3.63, 3.8) is 0 Å². The fraction of sp³-hybridized carbons (Fsp3) is 0.636. The van der Waals surface area contributed by atoms with Crippen molar-refractivity contribution in [2.75, 3.05) is 26.2 Å². The van der Waals surface area contributed by atoms with Gasteiger partial charge in [0.2, 0.25) is 0 Å². The van der Waals surface area contributed by atoms with Gasteiger partial charge in [0.25, 0.3) is 5.91 Å². The molecule has 1 aromatic heterocycles. The Morgan fingerprint density at radius 2 is 2.06 bits per heavy atom. The minimum absolute atomic E-state index is 0.108. The molecule has 0 atom stereocenters. The predicted octanol–water partition coefficient (Wildman–Crippen LogP) is 2.07. The molecule has 0 radical (unpaired) electrons. The molecule has 0 aliphatic carbocycles. The number of thiazole rings is 1. The van der Waals surface area contributed by atoms with Crippen LogP contribution in [0.5, 0.6) is 0 Å². The number of carbonyl (C=O) groups excluding carboxylic acids is 1.